The Morgan fingerprint density at radius 1 is 1.00 bits per heavy atom. The number of hydrogen-bond donors (Lipinski definition) is 1. The van der Waals surface area contributed by atoms with Gasteiger partial charge in [-0.15, -0.1) is 0 Å². The molecule has 0 radical (unpaired) electrons. The molecule has 0 saturated carbocycles. The second kappa shape index (κ2) is 11.3. The highest BCUT2D eigenvalue weighted by Gasteiger charge is 2.04. The first-order chi connectivity index (χ1) is 8.16. The van der Waals surface area contributed by atoms with Crippen molar-refractivity contribution in [2.24, 2.45) is 0 Å². The second-order valence-corrected chi connectivity index (χ2v) is 3.28. The molecular formula is C11H20O6. The number of esters is 1. The molecule has 0 fully saturated rings. The van der Waals surface area contributed by atoms with Gasteiger partial charge in [0.1, 0.15) is 6.61 Å². The van der Waals surface area contributed by atoms with Crippen LogP contribution in [0.5, 0.6) is 0 Å². The molecule has 0 aliphatic heterocycles. The summed E-state index contributed by atoms with van der Waals surface area (Å²) in [5.41, 5.74) is 0. The number of ether oxygens (including phenoxy) is 3. The largest absolute Gasteiger partial charge is 0.481 e. The van der Waals surface area contributed by atoms with Crippen LogP contribution in [0.15, 0.2) is 0 Å². The van der Waals surface area contributed by atoms with E-state index < -0.39 is 5.97 Å². The van der Waals surface area contributed by atoms with E-state index in [9.17, 15) is 9.59 Å². The molecule has 0 aliphatic carbocycles. The van der Waals surface area contributed by atoms with Gasteiger partial charge in [-0.1, -0.05) is 0 Å². The molecule has 0 bridgehead atoms. The Kier molecular flexibility index (Phi) is 10.6. The Labute approximate surface area is 101 Å². The minimum atomic E-state index is -0.906. The summed E-state index contributed by atoms with van der Waals surface area (Å²) in [6, 6.07) is 0. The van der Waals surface area contributed by atoms with E-state index in [-0.39, 0.29) is 25.4 Å². The molecule has 0 spiro atoms. The van der Waals surface area contributed by atoms with Crippen LogP contribution in [-0.2, 0) is 23.8 Å². The normalized spacial score (nSPS) is 10.2. The van der Waals surface area contributed by atoms with Crippen molar-refractivity contribution in [2.45, 2.75) is 26.2 Å². The molecule has 0 aromatic rings. The van der Waals surface area contributed by atoms with Crippen LogP contribution < -0.4 is 0 Å². The number of rotatable bonds is 11. The predicted molar refractivity (Wildman–Crippen MR) is 59.8 cm³/mol. The summed E-state index contributed by atoms with van der Waals surface area (Å²) < 4.78 is 15.0. The van der Waals surface area contributed by atoms with Crippen LogP contribution in [0.4, 0.5) is 0 Å². The van der Waals surface area contributed by atoms with Crippen molar-refractivity contribution >= 4 is 11.9 Å². The van der Waals surface area contributed by atoms with E-state index in [0.29, 0.717) is 32.8 Å². The summed E-state index contributed by atoms with van der Waals surface area (Å²) >= 11 is 0. The lowest BCUT2D eigenvalue weighted by atomic mass is 10.2. The van der Waals surface area contributed by atoms with E-state index in [2.05, 4.69) is 0 Å². The first-order valence-electron chi connectivity index (χ1n) is 5.69. The Morgan fingerprint density at radius 3 is 2.29 bits per heavy atom. The molecule has 1 N–H and O–H groups in total. The minimum Gasteiger partial charge on any atom is -0.481 e. The van der Waals surface area contributed by atoms with Crippen LogP contribution in [0, 0.1) is 0 Å². The molecule has 0 aromatic carbocycles. The van der Waals surface area contributed by atoms with Gasteiger partial charge in [0.05, 0.1) is 19.8 Å². The summed E-state index contributed by atoms with van der Waals surface area (Å²) in [6.45, 7) is 4.09. The van der Waals surface area contributed by atoms with Gasteiger partial charge in [-0.3, -0.25) is 9.59 Å². The maximum atomic E-state index is 11.1. The SMILES string of the molecule is CCOCCOCCOC(=O)CCCC(=O)O. The summed E-state index contributed by atoms with van der Waals surface area (Å²) in [6.07, 6.45) is 0.421. The molecule has 0 atom stereocenters. The third kappa shape index (κ3) is 12.8. The molecule has 0 aromatic heterocycles. The zero-order valence-electron chi connectivity index (χ0n) is 10.1. The van der Waals surface area contributed by atoms with E-state index in [4.69, 9.17) is 19.3 Å². The van der Waals surface area contributed by atoms with Crippen LogP contribution >= 0.6 is 0 Å². The summed E-state index contributed by atoms with van der Waals surface area (Å²) in [4.78, 5) is 21.2. The molecule has 0 amide bonds. The van der Waals surface area contributed by atoms with Crippen molar-refractivity contribution in [3.8, 4) is 0 Å². The van der Waals surface area contributed by atoms with E-state index in [1.165, 1.54) is 0 Å². The Balaban J connectivity index is 3.19. The van der Waals surface area contributed by atoms with E-state index in [1.54, 1.807) is 0 Å². The van der Waals surface area contributed by atoms with Crippen molar-refractivity contribution < 1.29 is 28.9 Å². The van der Waals surface area contributed by atoms with Gasteiger partial charge in [-0.05, 0) is 13.3 Å². The van der Waals surface area contributed by atoms with Crippen LogP contribution in [0.3, 0.4) is 0 Å². The van der Waals surface area contributed by atoms with Gasteiger partial charge in [0, 0.05) is 19.4 Å². The van der Waals surface area contributed by atoms with Crippen molar-refractivity contribution in [1.82, 2.24) is 0 Å². The van der Waals surface area contributed by atoms with Crippen LogP contribution in [0.2, 0.25) is 0 Å². The van der Waals surface area contributed by atoms with Crippen molar-refractivity contribution in [2.75, 3.05) is 33.0 Å². The van der Waals surface area contributed by atoms with Crippen LogP contribution in [0.1, 0.15) is 26.2 Å². The van der Waals surface area contributed by atoms with E-state index in [0.717, 1.165) is 0 Å². The number of hydrogen-bond acceptors (Lipinski definition) is 5. The van der Waals surface area contributed by atoms with Crippen molar-refractivity contribution in [3.63, 3.8) is 0 Å². The number of aliphatic carboxylic acids is 1. The highest BCUT2D eigenvalue weighted by Crippen LogP contribution is 1.97. The Bertz CT molecular complexity index is 216. The lowest BCUT2D eigenvalue weighted by Gasteiger charge is -2.05. The Morgan fingerprint density at radius 2 is 1.65 bits per heavy atom. The highest BCUT2D eigenvalue weighted by atomic mass is 16.6. The maximum absolute atomic E-state index is 11.1. The smallest absolute Gasteiger partial charge is 0.305 e. The maximum Gasteiger partial charge on any atom is 0.305 e. The lowest BCUT2D eigenvalue weighted by Crippen LogP contribution is -2.13. The average Bonchev–Trinajstić information content (AvgIpc) is 2.27. The zero-order valence-corrected chi connectivity index (χ0v) is 10.1. The quantitative estimate of drug-likeness (QED) is 0.431. The first kappa shape index (κ1) is 15.9. The number of carbonyl (C=O) groups is 2. The van der Waals surface area contributed by atoms with Gasteiger partial charge in [-0.2, -0.15) is 0 Å². The molecule has 6 nitrogen and oxygen atoms in total. The summed E-state index contributed by atoms with van der Waals surface area (Å²) in [5.74, 6) is -1.29. The fourth-order valence-corrected chi connectivity index (χ4v) is 1.03. The first-order valence-corrected chi connectivity index (χ1v) is 5.69. The highest BCUT2D eigenvalue weighted by molar-refractivity contribution is 5.71. The minimum absolute atomic E-state index is 0.0139. The van der Waals surface area contributed by atoms with Crippen LogP contribution in [0.25, 0.3) is 0 Å². The van der Waals surface area contributed by atoms with E-state index >= 15 is 0 Å². The number of carbonyl (C=O) groups excluding carboxylic acids is 1. The summed E-state index contributed by atoms with van der Waals surface area (Å²) in [7, 11) is 0. The number of carboxylic acid groups (broad SMARTS) is 1. The molecule has 0 saturated heterocycles. The monoisotopic (exact) mass is 248 g/mol. The fraction of sp³-hybridized carbons (Fsp3) is 0.818. The molecule has 100 valence electrons. The Hall–Kier alpha value is -1.14. The average molecular weight is 248 g/mol. The number of carboxylic acids is 1. The van der Waals surface area contributed by atoms with Gasteiger partial charge in [-0.25, -0.2) is 0 Å². The molecular weight excluding hydrogens is 228 g/mol. The van der Waals surface area contributed by atoms with Gasteiger partial charge in [0.2, 0.25) is 0 Å². The van der Waals surface area contributed by atoms with Gasteiger partial charge < -0.3 is 19.3 Å². The molecule has 0 rings (SSSR count). The van der Waals surface area contributed by atoms with Gasteiger partial charge >= 0.3 is 11.9 Å². The third-order valence-electron chi connectivity index (χ3n) is 1.84. The standard InChI is InChI=1S/C11H20O6/c1-2-15-6-7-16-8-9-17-11(14)5-3-4-10(12)13/h2-9H2,1H3,(H,12,13). The molecule has 0 aliphatic rings. The van der Waals surface area contributed by atoms with Gasteiger partial charge in [0.25, 0.3) is 0 Å². The van der Waals surface area contributed by atoms with Gasteiger partial charge in [0.15, 0.2) is 0 Å². The lowest BCUT2D eigenvalue weighted by molar-refractivity contribution is -0.145. The molecule has 0 unspecified atom stereocenters. The molecule has 17 heavy (non-hydrogen) atoms. The second-order valence-electron chi connectivity index (χ2n) is 3.28. The molecule has 0 heterocycles. The van der Waals surface area contributed by atoms with Crippen molar-refractivity contribution in [1.29, 1.82) is 0 Å². The predicted octanol–water partition coefficient (Wildman–Crippen LogP) is 0.838. The summed E-state index contributed by atoms with van der Waals surface area (Å²) in [5, 5.41) is 8.36. The fourth-order valence-electron chi connectivity index (χ4n) is 1.03. The zero-order chi connectivity index (χ0) is 12.9. The molecule has 6 heteroatoms. The third-order valence-corrected chi connectivity index (χ3v) is 1.84. The topological polar surface area (TPSA) is 82.1 Å². The van der Waals surface area contributed by atoms with Crippen LogP contribution in [-0.4, -0.2) is 50.1 Å². The van der Waals surface area contributed by atoms with E-state index in [1.807, 2.05) is 6.92 Å². The van der Waals surface area contributed by atoms with Crippen molar-refractivity contribution in [3.05, 3.63) is 0 Å².